The van der Waals surface area contributed by atoms with Gasteiger partial charge < -0.3 is 10.0 Å². The number of carboxylic acid groups (broad SMARTS) is 1. The Morgan fingerprint density at radius 1 is 1.55 bits per heavy atom. The van der Waals surface area contributed by atoms with Crippen LogP contribution in [0.3, 0.4) is 0 Å². The summed E-state index contributed by atoms with van der Waals surface area (Å²) in [6.45, 7) is 1.34. The minimum absolute atomic E-state index is 0.0708. The molecule has 0 spiro atoms. The van der Waals surface area contributed by atoms with Crippen LogP contribution in [0.1, 0.15) is 12.6 Å². The topological polar surface area (TPSA) is 82.5 Å². The molecule has 112 valence electrons. The summed E-state index contributed by atoms with van der Waals surface area (Å²) in [5.74, 6) is -1.86. The molecule has 0 bridgehead atoms. The SMILES string of the molecule is CC(CN(C)C(=O)Nc1nc(C(F)(F)F)cs1)C(=O)O. The number of thiazole rings is 1. The van der Waals surface area contributed by atoms with Gasteiger partial charge in [0, 0.05) is 19.0 Å². The quantitative estimate of drug-likeness (QED) is 0.894. The highest BCUT2D eigenvalue weighted by molar-refractivity contribution is 7.13. The second-order valence-electron chi connectivity index (χ2n) is 4.09. The molecule has 0 saturated carbocycles. The Bertz CT molecular complexity index is 503. The summed E-state index contributed by atoms with van der Waals surface area (Å²) in [4.78, 5) is 26.6. The summed E-state index contributed by atoms with van der Waals surface area (Å²) < 4.78 is 36.9. The maximum Gasteiger partial charge on any atom is 0.434 e. The maximum atomic E-state index is 12.3. The molecule has 10 heteroatoms. The Hall–Kier alpha value is -1.84. The molecule has 0 saturated heterocycles. The van der Waals surface area contributed by atoms with Gasteiger partial charge in [-0.05, 0) is 0 Å². The van der Waals surface area contributed by atoms with Gasteiger partial charge in [-0.2, -0.15) is 13.2 Å². The average molecular weight is 311 g/mol. The van der Waals surface area contributed by atoms with Gasteiger partial charge in [-0.3, -0.25) is 10.1 Å². The van der Waals surface area contributed by atoms with Crippen LogP contribution in [0, 0.1) is 5.92 Å². The van der Waals surface area contributed by atoms with E-state index in [1.165, 1.54) is 14.0 Å². The zero-order valence-corrected chi connectivity index (χ0v) is 11.4. The molecule has 1 aromatic heterocycles. The van der Waals surface area contributed by atoms with Crippen molar-refractivity contribution in [1.29, 1.82) is 0 Å². The van der Waals surface area contributed by atoms with Gasteiger partial charge in [-0.1, -0.05) is 6.92 Å². The van der Waals surface area contributed by atoms with E-state index in [0.29, 0.717) is 11.3 Å². The molecule has 1 atom stereocenters. The summed E-state index contributed by atoms with van der Waals surface area (Å²) >= 11 is 0.641. The number of aromatic nitrogens is 1. The van der Waals surface area contributed by atoms with E-state index >= 15 is 0 Å². The van der Waals surface area contributed by atoms with Crippen molar-refractivity contribution in [1.82, 2.24) is 9.88 Å². The highest BCUT2D eigenvalue weighted by Crippen LogP contribution is 2.31. The van der Waals surface area contributed by atoms with Crippen LogP contribution < -0.4 is 5.32 Å². The molecule has 6 nitrogen and oxygen atoms in total. The predicted octanol–water partition coefficient (Wildman–Crippen LogP) is 2.35. The maximum absolute atomic E-state index is 12.3. The van der Waals surface area contributed by atoms with E-state index in [1.807, 2.05) is 0 Å². The third-order valence-corrected chi connectivity index (χ3v) is 3.08. The van der Waals surface area contributed by atoms with Gasteiger partial charge in [-0.25, -0.2) is 9.78 Å². The number of nitrogens with zero attached hydrogens (tertiary/aromatic N) is 2. The largest absolute Gasteiger partial charge is 0.481 e. The van der Waals surface area contributed by atoms with Crippen LogP contribution in [0.4, 0.5) is 23.1 Å². The molecule has 1 aromatic rings. The number of alkyl halides is 3. The van der Waals surface area contributed by atoms with Crippen LogP contribution in [-0.2, 0) is 11.0 Å². The van der Waals surface area contributed by atoms with E-state index in [2.05, 4.69) is 10.3 Å². The summed E-state index contributed by atoms with van der Waals surface area (Å²) in [6.07, 6.45) is -4.57. The van der Waals surface area contributed by atoms with Crippen molar-refractivity contribution < 1.29 is 27.9 Å². The molecule has 0 aliphatic rings. The van der Waals surface area contributed by atoms with E-state index in [-0.39, 0.29) is 11.7 Å². The summed E-state index contributed by atoms with van der Waals surface area (Å²) in [5, 5.41) is 11.5. The molecular weight excluding hydrogens is 299 g/mol. The van der Waals surface area contributed by atoms with Gasteiger partial charge >= 0.3 is 18.2 Å². The fourth-order valence-electron chi connectivity index (χ4n) is 1.22. The molecule has 20 heavy (non-hydrogen) atoms. The number of urea groups is 1. The zero-order chi connectivity index (χ0) is 15.5. The standard InChI is InChI=1S/C10H12F3N3O3S/c1-5(7(17)18)3-16(2)9(19)15-8-14-6(4-20-8)10(11,12)13/h4-5H,3H2,1-2H3,(H,17,18)(H,14,15,19). The number of aliphatic carboxylic acids is 1. The molecule has 1 unspecified atom stereocenters. The molecular formula is C10H12F3N3O3S. The first-order valence-corrected chi connectivity index (χ1v) is 6.27. The highest BCUT2D eigenvalue weighted by Gasteiger charge is 2.34. The number of carboxylic acids is 1. The molecule has 0 aromatic carbocycles. The number of rotatable bonds is 4. The average Bonchev–Trinajstić information content (AvgIpc) is 2.76. The van der Waals surface area contributed by atoms with E-state index in [1.54, 1.807) is 0 Å². The van der Waals surface area contributed by atoms with Crippen molar-refractivity contribution in [3.05, 3.63) is 11.1 Å². The molecule has 0 aliphatic carbocycles. The van der Waals surface area contributed by atoms with Gasteiger partial charge in [0.1, 0.15) is 0 Å². The number of hydrogen-bond acceptors (Lipinski definition) is 4. The van der Waals surface area contributed by atoms with E-state index < -0.39 is 29.8 Å². The first-order chi connectivity index (χ1) is 9.11. The molecule has 2 N–H and O–H groups in total. The summed E-state index contributed by atoms with van der Waals surface area (Å²) in [7, 11) is 1.34. The Balaban J connectivity index is 2.62. The molecule has 0 fully saturated rings. The Labute approximate surface area is 116 Å². The lowest BCUT2D eigenvalue weighted by Gasteiger charge is -2.19. The Morgan fingerprint density at radius 2 is 2.15 bits per heavy atom. The lowest BCUT2D eigenvalue weighted by molar-refractivity contribution is -0.142. The first kappa shape index (κ1) is 16.2. The van der Waals surface area contributed by atoms with Gasteiger partial charge in [0.25, 0.3) is 0 Å². The van der Waals surface area contributed by atoms with Crippen molar-refractivity contribution >= 4 is 28.5 Å². The monoisotopic (exact) mass is 311 g/mol. The predicted molar refractivity (Wildman–Crippen MR) is 65.6 cm³/mol. The molecule has 0 radical (unpaired) electrons. The second-order valence-corrected chi connectivity index (χ2v) is 4.94. The van der Waals surface area contributed by atoms with Crippen LogP contribution in [0.5, 0.6) is 0 Å². The third-order valence-electron chi connectivity index (χ3n) is 2.32. The van der Waals surface area contributed by atoms with Gasteiger partial charge in [0.15, 0.2) is 10.8 Å². The summed E-state index contributed by atoms with van der Waals surface area (Å²) in [5.41, 5.74) is -1.08. The number of amides is 2. The minimum Gasteiger partial charge on any atom is -0.481 e. The van der Waals surface area contributed by atoms with Crippen LogP contribution in [0.25, 0.3) is 0 Å². The van der Waals surface area contributed by atoms with Crippen molar-refractivity contribution in [3.8, 4) is 0 Å². The van der Waals surface area contributed by atoms with Crippen LogP contribution in [0.2, 0.25) is 0 Å². The first-order valence-electron chi connectivity index (χ1n) is 5.39. The molecule has 2 amide bonds. The van der Waals surface area contributed by atoms with Crippen molar-refractivity contribution in [2.45, 2.75) is 13.1 Å². The fraction of sp³-hybridized carbons (Fsp3) is 0.500. The minimum atomic E-state index is -4.57. The number of carbonyl (C=O) groups excluding carboxylic acids is 1. The van der Waals surface area contributed by atoms with E-state index in [9.17, 15) is 22.8 Å². The van der Waals surface area contributed by atoms with Crippen molar-refractivity contribution in [3.63, 3.8) is 0 Å². The van der Waals surface area contributed by atoms with Crippen molar-refractivity contribution in [2.75, 3.05) is 18.9 Å². The Kier molecular flexibility index (Phi) is 4.93. The number of anilines is 1. The van der Waals surface area contributed by atoms with E-state index in [0.717, 1.165) is 10.3 Å². The number of halogens is 3. The number of carbonyl (C=O) groups is 2. The highest BCUT2D eigenvalue weighted by atomic mass is 32.1. The smallest absolute Gasteiger partial charge is 0.434 e. The zero-order valence-electron chi connectivity index (χ0n) is 10.6. The van der Waals surface area contributed by atoms with Gasteiger partial charge in [0.05, 0.1) is 5.92 Å². The molecule has 0 aliphatic heterocycles. The van der Waals surface area contributed by atoms with Gasteiger partial charge in [0.2, 0.25) is 0 Å². The third kappa shape index (κ3) is 4.37. The number of nitrogens with one attached hydrogen (secondary N) is 1. The second kappa shape index (κ2) is 6.07. The lowest BCUT2D eigenvalue weighted by atomic mass is 10.2. The van der Waals surface area contributed by atoms with Crippen LogP contribution in [-0.4, -0.2) is 40.6 Å². The van der Waals surface area contributed by atoms with E-state index in [4.69, 9.17) is 5.11 Å². The summed E-state index contributed by atoms with van der Waals surface area (Å²) in [6, 6.07) is -0.721. The van der Waals surface area contributed by atoms with Gasteiger partial charge in [-0.15, -0.1) is 11.3 Å². The Morgan fingerprint density at radius 3 is 2.60 bits per heavy atom. The molecule has 1 rings (SSSR count). The van der Waals surface area contributed by atoms with Crippen LogP contribution >= 0.6 is 11.3 Å². The normalized spacial score (nSPS) is 12.8. The lowest BCUT2D eigenvalue weighted by Crippen LogP contribution is -2.36. The number of hydrogen-bond donors (Lipinski definition) is 2. The van der Waals surface area contributed by atoms with Crippen molar-refractivity contribution in [2.24, 2.45) is 5.92 Å². The molecule has 1 heterocycles. The van der Waals surface area contributed by atoms with Crippen LogP contribution in [0.15, 0.2) is 5.38 Å². The fourth-order valence-corrected chi connectivity index (χ4v) is 1.93.